The number of hydrogen-bond donors (Lipinski definition) is 2. The van der Waals surface area contributed by atoms with Crippen LogP contribution in [0, 0.1) is 5.92 Å². The minimum atomic E-state index is 0. The number of amides is 1. The molecule has 0 bridgehead atoms. The zero-order valence-electron chi connectivity index (χ0n) is 11.1. The summed E-state index contributed by atoms with van der Waals surface area (Å²) in [5.41, 5.74) is 1.11. The summed E-state index contributed by atoms with van der Waals surface area (Å²) in [6.07, 6.45) is 0.945. The van der Waals surface area contributed by atoms with Crippen molar-refractivity contribution in [2.75, 3.05) is 13.1 Å². The van der Waals surface area contributed by atoms with Gasteiger partial charge < -0.3 is 10.6 Å². The predicted molar refractivity (Wildman–Crippen MR) is 83.5 cm³/mol. The van der Waals surface area contributed by atoms with E-state index in [4.69, 9.17) is 0 Å². The molecule has 19 heavy (non-hydrogen) atoms. The Morgan fingerprint density at radius 2 is 2.32 bits per heavy atom. The van der Waals surface area contributed by atoms with Gasteiger partial charge in [0.2, 0.25) is 5.91 Å². The van der Waals surface area contributed by atoms with Crippen molar-refractivity contribution in [3.05, 3.63) is 16.1 Å². The number of rotatable bonds is 4. The molecule has 0 saturated carbocycles. The summed E-state index contributed by atoms with van der Waals surface area (Å²) in [5, 5.41) is 9.22. The minimum absolute atomic E-state index is 0. The molecule has 2 rings (SSSR count). The van der Waals surface area contributed by atoms with E-state index in [-0.39, 0.29) is 36.6 Å². The summed E-state index contributed by atoms with van der Waals surface area (Å²) in [6.45, 7) is 6.57. The molecule has 1 atom stereocenters. The van der Waals surface area contributed by atoms with Gasteiger partial charge in [0.15, 0.2) is 0 Å². The quantitative estimate of drug-likeness (QED) is 0.893. The lowest BCUT2D eigenvalue weighted by Gasteiger charge is -2.08. The number of aromatic nitrogens is 1. The Morgan fingerprint density at radius 3 is 2.84 bits per heavy atom. The molecule has 1 aromatic heterocycles. The molecule has 1 amide bonds. The second-order valence-electron chi connectivity index (χ2n) is 4.73. The average Bonchev–Trinajstić information content (AvgIpc) is 2.97. The first-order valence-electron chi connectivity index (χ1n) is 6.09. The first-order chi connectivity index (χ1) is 8.16. The lowest BCUT2D eigenvalue weighted by molar-refractivity contribution is -0.124. The van der Waals surface area contributed by atoms with Crippen molar-refractivity contribution in [3.63, 3.8) is 0 Å². The molecule has 4 nitrogen and oxygen atoms in total. The van der Waals surface area contributed by atoms with E-state index in [9.17, 15) is 4.79 Å². The molecule has 1 unspecified atom stereocenters. The highest BCUT2D eigenvalue weighted by molar-refractivity contribution is 7.09. The number of thiazole rings is 1. The van der Waals surface area contributed by atoms with Gasteiger partial charge in [0.1, 0.15) is 5.01 Å². The van der Waals surface area contributed by atoms with Gasteiger partial charge in [-0.15, -0.1) is 36.2 Å². The maximum atomic E-state index is 11.8. The highest BCUT2D eigenvalue weighted by Gasteiger charge is 2.22. The van der Waals surface area contributed by atoms with Gasteiger partial charge in [-0.05, 0) is 18.9 Å². The van der Waals surface area contributed by atoms with Crippen LogP contribution >= 0.6 is 36.2 Å². The Bertz CT molecular complexity index is 392. The average molecular weight is 326 g/mol. The van der Waals surface area contributed by atoms with Gasteiger partial charge in [0, 0.05) is 11.9 Å². The van der Waals surface area contributed by atoms with E-state index < -0.39 is 0 Å². The predicted octanol–water partition coefficient (Wildman–Crippen LogP) is 2.34. The number of halogens is 2. The highest BCUT2D eigenvalue weighted by atomic mass is 35.5. The van der Waals surface area contributed by atoms with Gasteiger partial charge in [-0.1, -0.05) is 13.8 Å². The van der Waals surface area contributed by atoms with Gasteiger partial charge in [0.25, 0.3) is 0 Å². The van der Waals surface area contributed by atoms with E-state index in [1.807, 2.05) is 0 Å². The summed E-state index contributed by atoms with van der Waals surface area (Å²) in [4.78, 5) is 16.3. The lowest BCUT2D eigenvalue weighted by Crippen LogP contribution is -2.31. The Morgan fingerprint density at radius 1 is 1.58 bits per heavy atom. The molecule has 0 aliphatic carbocycles. The van der Waals surface area contributed by atoms with Gasteiger partial charge in [-0.2, -0.15) is 0 Å². The van der Waals surface area contributed by atoms with E-state index in [2.05, 4.69) is 34.8 Å². The van der Waals surface area contributed by atoms with Crippen molar-refractivity contribution in [2.45, 2.75) is 32.7 Å². The fraction of sp³-hybridized carbons (Fsp3) is 0.667. The van der Waals surface area contributed by atoms with Crippen molar-refractivity contribution in [2.24, 2.45) is 5.92 Å². The summed E-state index contributed by atoms with van der Waals surface area (Å²) in [5.74, 6) is 0.741. The van der Waals surface area contributed by atoms with E-state index in [0.29, 0.717) is 12.5 Å². The zero-order valence-corrected chi connectivity index (χ0v) is 13.6. The summed E-state index contributed by atoms with van der Waals surface area (Å²) < 4.78 is 0. The summed E-state index contributed by atoms with van der Waals surface area (Å²) in [7, 11) is 0. The van der Waals surface area contributed by atoms with Crippen LogP contribution in [0.15, 0.2) is 5.38 Å². The number of nitrogens with zero attached hydrogens (tertiary/aromatic N) is 1. The Kier molecular flexibility index (Phi) is 8.57. The van der Waals surface area contributed by atoms with Crippen LogP contribution in [0.2, 0.25) is 0 Å². The maximum absolute atomic E-state index is 11.8. The van der Waals surface area contributed by atoms with Crippen LogP contribution in [0.3, 0.4) is 0 Å². The van der Waals surface area contributed by atoms with Crippen LogP contribution in [0.1, 0.15) is 36.9 Å². The van der Waals surface area contributed by atoms with Crippen LogP contribution in [0.5, 0.6) is 0 Å². The minimum Gasteiger partial charge on any atom is -0.349 e. The van der Waals surface area contributed by atoms with Crippen LogP contribution in [0.4, 0.5) is 0 Å². The number of carbonyl (C=O) groups excluding carboxylic acids is 1. The zero-order chi connectivity index (χ0) is 12.3. The highest BCUT2D eigenvalue weighted by Crippen LogP contribution is 2.17. The maximum Gasteiger partial charge on any atom is 0.224 e. The van der Waals surface area contributed by atoms with E-state index in [0.717, 1.165) is 30.2 Å². The third-order valence-corrected chi connectivity index (χ3v) is 3.87. The van der Waals surface area contributed by atoms with Gasteiger partial charge in [-0.3, -0.25) is 4.79 Å². The molecule has 110 valence electrons. The molecular formula is C12H21Cl2N3OS. The fourth-order valence-corrected chi connectivity index (χ4v) is 2.75. The van der Waals surface area contributed by atoms with Crippen molar-refractivity contribution in [1.82, 2.24) is 15.6 Å². The van der Waals surface area contributed by atoms with Crippen molar-refractivity contribution >= 4 is 42.1 Å². The second kappa shape index (κ2) is 8.74. The van der Waals surface area contributed by atoms with Crippen LogP contribution in [-0.2, 0) is 11.3 Å². The monoisotopic (exact) mass is 325 g/mol. The molecule has 7 heteroatoms. The van der Waals surface area contributed by atoms with Crippen LogP contribution < -0.4 is 10.6 Å². The fourth-order valence-electron chi connectivity index (χ4n) is 1.86. The Balaban J connectivity index is 0.00000162. The third kappa shape index (κ3) is 5.26. The van der Waals surface area contributed by atoms with Gasteiger partial charge >= 0.3 is 0 Å². The molecule has 1 aliphatic heterocycles. The molecule has 2 N–H and O–H groups in total. The van der Waals surface area contributed by atoms with Crippen LogP contribution in [-0.4, -0.2) is 24.0 Å². The smallest absolute Gasteiger partial charge is 0.224 e. The molecule has 0 aromatic carbocycles. The first kappa shape index (κ1) is 18.6. The topological polar surface area (TPSA) is 54.0 Å². The normalized spacial score (nSPS) is 17.7. The molecule has 0 radical (unpaired) electrons. The largest absolute Gasteiger partial charge is 0.349 e. The Hall–Kier alpha value is -0.360. The number of carbonyl (C=O) groups is 1. The number of hydrogen-bond acceptors (Lipinski definition) is 4. The van der Waals surface area contributed by atoms with E-state index in [1.165, 1.54) is 0 Å². The molecule has 1 fully saturated rings. The first-order valence-corrected chi connectivity index (χ1v) is 6.97. The number of nitrogens with one attached hydrogen (secondary N) is 2. The SMILES string of the molecule is CC(C)c1csc(CNC(=O)C2CCNC2)n1.Cl.Cl. The third-order valence-electron chi connectivity index (χ3n) is 3.01. The standard InChI is InChI=1S/C12H19N3OS.2ClH/c1-8(2)10-7-17-11(15-10)6-14-12(16)9-3-4-13-5-9;;/h7-9,13H,3-6H2,1-2H3,(H,14,16);2*1H. The summed E-state index contributed by atoms with van der Waals surface area (Å²) in [6, 6.07) is 0. The van der Waals surface area contributed by atoms with Gasteiger partial charge in [0.05, 0.1) is 18.2 Å². The van der Waals surface area contributed by atoms with Crippen molar-refractivity contribution < 1.29 is 4.79 Å². The van der Waals surface area contributed by atoms with Gasteiger partial charge in [-0.25, -0.2) is 4.98 Å². The van der Waals surface area contributed by atoms with Crippen molar-refractivity contribution in [1.29, 1.82) is 0 Å². The lowest BCUT2D eigenvalue weighted by atomic mass is 10.1. The van der Waals surface area contributed by atoms with Crippen LogP contribution in [0.25, 0.3) is 0 Å². The molecule has 1 aromatic rings. The molecule has 1 aliphatic rings. The van der Waals surface area contributed by atoms with E-state index in [1.54, 1.807) is 11.3 Å². The second-order valence-corrected chi connectivity index (χ2v) is 5.67. The molecule has 2 heterocycles. The van der Waals surface area contributed by atoms with E-state index >= 15 is 0 Å². The molecular weight excluding hydrogens is 305 g/mol. The van der Waals surface area contributed by atoms with Crippen molar-refractivity contribution in [3.8, 4) is 0 Å². The molecule has 0 spiro atoms. The summed E-state index contributed by atoms with van der Waals surface area (Å²) >= 11 is 1.62. The Labute approximate surface area is 130 Å². The molecule has 1 saturated heterocycles.